The van der Waals surface area contributed by atoms with E-state index in [9.17, 15) is 0 Å². The maximum atomic E-state index is 8.93. The Morgan fingerprint density at radius 3 is 2.73 bits per heavy atom. The molecule has 90 valence electrons. The summed E-state index contributed by atoms with van der Waals surface area (Å²) in [5.74, 6) is 1.56. The molecule has 0 spiro atoms. The summed E-state index contributed by atoms with van der Waals surface area (Å²) in [6.07, 6.45) is 7.60. The van der Waals surface area contributed by atoms with E-state index in [0.717, 1.165) is 24.9 Å². The molecule has 1 rings (SSSR count). The van der Waals surface area contributed by atoms with Gasteiger partial charge in [-0.15, -0.1) is 0 Å². The number of aliphatic hydroxyl groups is 1. The molecule has 2 N–H and O–H groups in total. The van der Waals surface area contributed by atoms with Gasteiger partial charge in [0.25, 0.3) is 0 Å². The van der Waals surface area contributed by atoms with E-state index in [-0.39, 0.29) is 0 Å². The van der Waals surface area contributed by atoms with Crippen LogP contribution >= 0.6 is 0 Å². The Morgan fingerprint density at radius 2 is 2.13 bits per heavy atom. The number of hydrogen-bond acceptors (Lipinski definition) is 2. The molecule has 2 heteroatoms. The van der Waals surface area contributed by atoms with Crippen molar-refractivity contribution >= 4 is 0 Å². The van der Waals surface area contributed by atoms with Crippen molar-refractivity contribution in [3.63, 3.8) is 0 Å². The van der Waals surface area contributed by atoms with Crippen LogP contribution < -0.4 is 5.32 Å². The first-order valence-electron chi connectivity index (χ1n) is 6.66. The number of rotatable bonds is 7. The normalized spacial score (nSPS) is 28.2. The first kappa shape index (κ1) is 13.0. The zero-order chi connectivity index (χ0) is 11.1. The Hall–Kier alpha value is -0.0800. The van der Waals surface area contributed by atoms with Gasteiger partial charge in [-0.05, 0) is 37.6 Å². The Labute approximate surface area is 94.5 Å². The van der Waals surface area contributed by atoms with Crippen LogP contribution in [0.2, 0.25) is 0 Å². The Bertz CT molecular complexity index is 161. The third-order valence-electron chi connectivity index (χ3n) is 3.97. The lowest BCUT2D eigenvalue weighted by molar-refractivity contribution is 0.244. The van der Waals surface area contributed by atoms with E-state index in [1.54, 1.807) is 0 Å². The average Bonchev–Trinajstić information content (AvgIpc) is 2.71. The minimum atomic E-state index is 0.335. The van der Waals surface area contributed by atoms with E-state index < -0.39 is 0 Å². The largest absolute Gasteiger partial charge is 0.396 e. The van der Waals surface area contributed by atoms with E-state index in [1.807, 2.05) is 0 Å². The lowest BCUT2D eigenvalue weighted by atomic mass is 9.98. The first-order valence-corrected chi connectivity index (χ1v) is 6.66. The molecule has 3 unspecified atom stereocenters. The fourth-order valence-electron chi connectivity index (χ4n) is 2.75. The van der Waals surface area contributed by atoms with Crippen LogP contribution in [0.15, 0.2) is 0 Å². The lowest BCUT2D eigenvalue weighted by Gasteiger charge is -2.23. The lowest BCUT2D eigenvalue weighted by Crippen LogP contribution is -2.35. The van der Waals surface area contributed by atoms with Crippen LogP contribution in [-0.2, 0) is 0 Å². The molecule has 1 fully saturated rings. The molecular formula is C13H27NO. The van der Waals surface area contributed by atoms with Crippen LogP contribution in [0, 0.1) is 11.8 Å². The van der Waals surface area contributed by atoms with Crippen LogP contribution in [0.3, 0.4) is 0 Å². The highest BCUT2D eigenvalue weighted by Crippen LogP contribution is 2.28. The maximum absolute atomic E-state index is 8.93. The predicted octanol–water partition coefficient (Wildman–Crippen LogP) is 2.56. The van der Waals surface area contributed by atoms with Crippen molar-refractivity contribution in [2.75, 3.05) is 13.2 Å². The molecule has 0 aromatic rings. The van der Waals surface area contributed by atoms with Crippen molar-refractivity contribution in [3.05, 3.63) is 0 Å². The van der Waals surface area contributed by atoms with Crippen molar-refractivity contribution in [2.24, 2.45) is 11.8 Å². The third kappa shape index (κ3) is 4.12. The molecule has 15 heavy (non-hydrogen) atoms. The molecule has 1 aliphatic carbocycles. The minimum absolute atomic E-state index is 0.335. The van der Waals surface area contributed by atoms with E-state index in [2.05, 4.69) is 19.2 Å². The highest BCUT2D eigenvalue weighted by molar-refractivity contribution is 4.82. The van der Waals surface area contributed by atoms with Gasteiger partial charge >= 0.3 is 0 Å². The van der Waals surface area contributed by atoms with Crippen LogP contribution in [-0.4, -0.2) is 24.3 Å². The van der Waals surface area contributed by atoms with Crippen molar-refractivity contribution in [3.8, 4) is 0 Å². The van der Waals surface area contributed by atoms with Gasteiger partial charge in [0.2, 0.25) is 0 Å². The van der Waals surface area contributed by atoms with Gasteiger partial charge in [-0.3, -0.25) is 0 Å². The highest BCUT2D eigenvalue weighted by Gasteiger charge is 2.25. The summed E-state index contributed by atoms with van der Waals surface area (Å²) in [6.45, 7) is 5.95. The van der Waals surface area contributed by atoms with E-state index in [0.29, 0.717) is 12.5 Å². The van der Waals surface area contributed by atoms with Crippen molar-refractivity contribution in [2.45, 2.75) is 58.4 Å². The molecular weight excluding hydrogens is 186 g/mol. The fraction of sp³-hybridized carbons (Fsp3) is 1.00. The topological polar surface area (TPSA) is 32.3 Å². The second-order valence-electron chi connectivity index (χ2n) is 4.90. The van der Waals surface area contributed by atoms with Gasteiger partial charge in [0.05, 0.1) is 0 Å². The van der Waals surface area contributed by atoms with Crippen LogP contribution in [0.1, 0.15) is 52.4 Å². The van der Waals surface area contributed by atoms with Gasteiger partial charge in [0, 0.05) is 12.6 Å². The van der Waals surface area contributed by atoms with E-state index >= 15 is 0 Å². The Balaban J connectivity index is 2.22. The zero-order valence-corrected chi connectivity index (χ0v) is 10.3. The quantitative estimate of drug-likeness (QED) is 0.681. The second-order valence-corrected chi connectivity index (χ2v) is 4.90. The molecule has 0 radical (unpaired) electrons. The highest BCUT2D eigenvalue weighted by atomic mass is 16.3. The molecule has 0 aliphatic heterocycles. The summed E-state index contributed by atoms with van der Waals surface area (Å²) >= 11 is 0. The first-order chi connectivity index (χ1) is 7.31. The molecule has 0 bridgehead atoms. The molecule has 2 nitrogen and oxygen atoms in total. The molecule has 1 saturated carbocycles. The second kappa shape index (κ2) is 7.24. The van der Waals surface area contributed by atoms with Crippen LogP contribution in [0.25, 0.3) is 0 Å². The predicted molar refractivity (Wildman–Crippen MR) is 64.9 cm³/mol. The Morgan fingerprint density at radius 1 is 1.33 bits per heavy atom. The van der Waals surface area contributed by atoms with Gasteiger partial charge < -0.3 is 10.4 Å². The summed E-state index contributed by atoms with van der Waals surface area (Å²) in [6, 6.07) is 0.753. The molecule has 1 aliphatic rings. The number of hydrogen-bond donors (Lipinski definition) is 2. The minimum Gasteiger partial charge on any atom is -0.396 e. The molecule has 0 aromatic heterocycles. The molecule has 0 amide bonds. The summed E-state index contributed by atoms with van der Waals surface area (Å²) in [5, 5.41) is 12.6. The van der Waals surface area contributed by atoms with E-state index in [1.165, 1.54) is 32.1 Å². The van der Waals surface area contributed by atoms with Gasteiger partial charge in [0.15, 0.2) is 0 Å². The average molecular weight is 213 g/mol. The van der Waals surface area contributed by atoms with Crippen molar-refractivity contribution in [1.82, 2.24) is 5.32 Å². The monoisotopic (exact) mass is 213 g/mol. The summed E-state index contributed by atoms with van der Waals surface area (Å²) in [5.41, 5.74) is 0. The van der Waals surface area contributed by atoms with Crippen molar-refractivity contribution < 1.29 is 5.11 Å². The standard InChI is InChI=1S/C13H27NO/c1-3-11(8-9-15)10-14-13-7-5-6-12(13)4-2/h11-15H,3-10H2,1-2H3. The smallest absolute Gasteiger partial charge is 0.0434 e. The number of nitrogens with one attached hydrogen (secondary N) is 1. The molecule has 3 atom stereocenters. The summed E-state index contributed by atoms with van der Waals surface area (Å²) < 4.78 is 0. The third-order valence-corrected chi connectivity index (χ3v) is 3.97. The van der Waals surface area contributed by atoms with Crippen LogP contribution in [0.5, 0.6) is 0 Å². The summed E-state index contributed by atoms with van der Waals surface area (Å²) in [4.78, 5) is 0. The number of aliphatic hydroxyl groups excluding tert-OH is 1. The van der Waals surface area contributed by atoms with Gasteiger partial charge in [0.1, 0.15) is 0 Å². The maximum Gasteiger partial charge on any atom is 0.0434 e. The SMILES string of the molecule is CCC(CCO)CNC1CCCC1CC. The Kier molecular flexibility index (Phi) is 6.26. The van der Waals surface area contributed by atoms with E-state index in [4.69, 9.17) is 5.11 Å². The van der Waals surface area contributed by atoms with Crippen LogP contribution in [0.4, 0.5) is 0 Å². The molecule has 0 heterocycles. The van der Waals surface area contributed by atoms with Gasteiger partial charge in [-0.2, -0.15) is 0 Å². The fourth-order valence-corrected chi connectivity index (χ4v) is 2.75. The zero-order valence-electron chi connectivity index (χ0n) is 10.3. The molecule has 0 aromatic carbocycles. The van der Waals surface area contributed by atoms with Crippen molar-refractivity contribution in [1.29, 1.82) is 0 Å². The summed E-state index contributed by atoms with van der Waals surface area (Å²) in [7, 11) is 0. The van der Waals surface area contributed by atoms with Gasteiger partial charge in [-0.25, -0.2) is 0 Å². The molecule has 0 saturated heterocycles. The van der Waals surface area contributed by atoms with Gasteiger partial charge in [-0.1, -0.05) is 33.1 Å².